The van der Waals surface area contributed by atoms with E-state index >= 15 is 0 Å². The van der Waals surface area contributed by atoms with Crippen molar-refractivity contribution in [1.29, 1.82) is 0 Å². The number of aromatic nitrogens is 3. The summed E-state index contributed by atoms with van der Waals surface area (Å²) < 4.78 is 5.78. The molecular formula is C23H21ClN4O3S. The third kappa shape index (κ3) is 5.15. The lowest BCUT2D eigenvalue weighted by Gasteiger charge is -2.22. The summed E-state index contributed by atoms with van der Waals surface area (Å²) in [6, 6.07) is 12.0. The van der Waals surface area contributed by atoms with E-state index in [0.717, 1.165) is 12.1 Å². The van der Waals surface area contributed by atoms with Gasteiger partial charge in [0.05, 0.1) is 28.7 Å². The molecule has 2 aromatic heterocycles. The van der Waals surface area contributed by atoms with Crippen molar-refractivity contribution in [2.24, 2.45) is 0 Å². The van der Waals surface area contributed by atoms with Crippen LogP contribution in [0.25, 0.3) is 10.9 Å². The summed E-state index contributed by atoms with van der Waals surface area (Å²) in [5, 5.41) is 2.87. The maximum atomic E-state index is 13.2. The van der Waals surface area contributed by atoms with Gasteiger partial charge in [-0.1, -0.05) is 24.6 Å². The zero-order chi connectivity index (χ0) is 22.5. The maximum Gasteiger partial charge on any atom is 0.258 e. The van der Waals surface area contributed by atoms with Crippen molar-refractivity contribution in [3.05, 3.63) is 85.8 Å². The van der Waals surface area contributed by atoms with Gasteiger partial charge in [-0.05, 0) is 42.8 Å². The first-order chi connectivity index (χ1) is 15.5. The van der Waals surface area contributed by atoms with E-state index in [0.29, 0.717) is 46.2 Å². The van der Waals surface area contributed by atoms with E-state index in [1.54, 1.807) is 52.9 Å². The highest BCUT2D eigenvalue weighted by molar-refractivity contribution is 7.07. The molecule has 164 valence electrons. The average molecular weight is 469 g/mol. The summed E-state index contributed by atoms with van der Waals surface area (Å²) in [5.41, 5.74) is 3.33. The summed E-state index contributed by atoms with van der Waals surface area (Å²) in [7, 11) is 0. The standard InChI is InChI=1S/C23H21ClN4O3S/c1-2-8-28(11-21-26-20-10-16(24)6-7-19(20)22(29)27-21)23(30)15-4-3-5-18(9-15)31-12-17-13-32-14-25-17/h3-7,9-10,13-14H,2,8,11-12H2,1H3,(H,26,27,29). The summed E-state index contributed by atoms with van der Waals surface area (Å²) in [6.45, 7) is 3.02. The largest absolute Gasteiger partial charge is 0.487 e. The topological polar surface area (TPSA) is 88.2 Å². The molecule has 0 unspecified atom stereocenters. The van der Waals surface area contributed by atoms with E-state index in [4.69, 9.17) is 16.3 Å². The van der Waals surface area contributed by atoms with E-state index in [1.807, 2.05) is 12.3 Å². The van der Waals surface area contributed by atoms with Crippen LogP contribution in [0.5, 0.6) is 5.75 Å². The molecule has 0 radical (unpaired) electrons. The predicted octanol–water partition coefficient (Wildman–Crippen LogP) is 4.66. The molecule has 0 atom stereocenters. The van der Waals surface area contributed by atoms with Crippen LogP contribution in [0.15, 0.2) is 58.1 Å². The fraction of sp³-hybridized carbons (Fsp3) is 0.217. The third-order valence-corrected chi connectivity index (χ3v) is 5.66. The summed E-state index contributed by atoms with van der Waals surface area (Å²) >= 11 is 7.56. The Bertz CT molecular complexity index is 1290. The molecule has 32 heavy (non-hydrogen) atoms. The van der Waals surface area contributed by atoms with Crippen LogP contribution in [0.4, 0.5) is 0 Å². The van der Waals surface area contributed by atoms with Gasteiger partial charge in [0.25, 0.3) is 11.5 Å². The molecule has 2 aromatic carbocycles. The fourth-order valence-electron chi connectivity index (χ4n) is 3.31. The molecule has 0 aliphatic rings. The van der Waals surface area contributed by atoms with Gasteiger partial charge in [0, 0.05) is 22.5 Å². The second-order valence-corrected chi connectivity index (χ2v) is 8.35. The molecule has 9 heteroatoms. The van der Waals surface area contributed by atoms with Gasteiger partial charge in [-0.15, -0.1) is 11.3 Å². The number of ether oxygens (including phenoxy) is 1. The first kappa shape index (κ1) is 22.0. The van der Waals surface area contributed by atoms with Gasteiger partial charge < -0.3 is 14.6 Å². The lowest BCUT2D eigenvalue weighted by atomic mass is 10.1. The molecule has 0 saturated heterocycles. The Morgan fingerprint density at radius 2 is 2.12 bits per heavy atom. The second kappa shape index (κ2) is 9.93. The van der Waals surface area contributed by atoms with Crippen molar-refractivity contribution in [2.45, 2.75) is 26.5 Å². The molecule has 4 aromatic rings. The fourth-order valence-corrected chi connectivity index (χ4v) is 4.02. The summed E-state index contributed by atoms with van der Waals surface area (Å²) in [6.07, 6.45) is 0.759. The second-order valence-electron chi connectivity index (χ2n) is 7.20. The summed E-state index contributed by atoms with van der Waals surface area (Å²) in [5.74, 6) is 0.828. The lowest BCUT2D eigenvalue weighted by Crippen LogP contribution is -2.32. The van der Waals surface area contributed by atoms with Gasteiger partial charge >= 0.3 is 0 Å². The molecule has 4 rings (SSSR count). The molecule has 0 aliphatic carbocycles. The van der Waals surface area contributed by atoms with Crippen LogP contribution in [-0.2, 0) is 13.2 Å². The number of H-pyrrole nitrogens is 1. The monoisotopic (exact) mass is 468 g/mol. The molecule has 0 saturated carbocycles. The Labute approximate surface area is 193 Å². The van der Waals surface area contributed by atoms with Crippen LogP contribution in [-0.4, -0.2) is 32.3 Å². The predicted molar refractivity (Wildman–Crippen MR) is 125 cm³/mol. The normalized spacial score (nSPS) is 10.9. The van der Waals surface area contributed by atoms with Gasteiger partial charge in [0.15, 0.2) is 0 Å². The Kier molecular flexibility index (Phi) is 6.82. The minimum atomic E-state index is -0.261. The number of carbonyl (C=O) groups is 1. The Morgan fingerprint density at radius 3 is 2.91 bits per heavy atom. The highest BCUT2D eigenvalue weighted by atomic mass is 35.5. The van der Waals surface area contributed by atoms with Crippen LogP contribution in [0, 0.1) is 0 Å². The molecule has 1 N–H and O–H groups in total. The van der Waals surface area contributed by atoms with E-state index in [2.05, 4.69) is 15.0 Å². The molecule has 0 aliphatic heterocycles. The van der Waals surface area contributed by atoms with E-state index < -0.39 is 0 Å². The minimum absolute atomic E-state index is 0.167. The van der Waals surface area contributed by atoms with E-state index in [9.17, 15) is 9.59 Å². The number of thiazole rings is 1. The zero-order valence-electron chi connectivity index (χ0n) is 17.4. The van der Waals surface area contributed by atoms with Gasteiger partial charge in [-0.25, -0.2) is 9.97 Å². The number of fused-ring (bicyclic) bond motifs is 1. The Hall–Kier alpha value is -3.23. The number of carbonyl (C=O) groups excluding carboxylic acids is 1. The SMILES string of the molecule is CCCN(Cc1nc2cc(Cl)ccc2c(=O)[nH]1)C(=O)c1cccc(OCc2cscn2)c1. The number of amides is 1. The number of nitrogens with zero attached hydrogens (tertiary/aromatic N) is 3. The first-order valence-electron chi connectivity index (χ1n) is 10.1. The number of halogens is 1. The van der Waals surface area contributed by atoms with E-state index in [1.165, 1.54) is 11.3 Å². The highest BCUT2D eigenvalue weighted by Gasteiger charge is 2.18. The van der Waals surface area contributed by atoms with Crippen molar-refractivity contribution < 1.29 is 9.53 Å². The molecule has 0 fully saturated rings. The Morgan fingerprint density at radius 1 is 1.25 bits per heavy atom. The number of nitrogens with one attached hydrogen (secondary N) is 1. The molecule has 0 bridgehead atoms. The van der Waals surface area contributed by atoms with Gasteiger partial charge in [0.2, 0.25) is 0 Å². The molecule has 7 nitrogen and oxygen atoms in total. The number of hydrogen-bond donors (Lipinski definition) is 1. The maximum absolute atomic E-state index is 13.2. The molecule has 0 spiro atoms. The van der Waals surface area contributed by atoms with Crippen molar-refractivity contribution >= 4 is 39.7 Å². The minimum Gasteiger partial charge on any atom is -0.487 e. The van der Waals surface area contributed by atoms with E-state index in [-0.39, 0.29) is 18.0 Å². The number of benzene rings is 2. The van der Waals surface area contributed by atoms with Crippen molar-refractivity contribution in [2.75, 3.05) is 6.54 Å². The van der Waals surface area contributed by atoms with Gasteiger partial charge in [-0.3, -0.25) is 9.59 Å². The number of hydrogen-bond acceptors (Lipinski definition) is 6. The van der Waals surface area contributed by atoms with Crippen molar-refractivity contribution in [1.82, 2.24) is 19.9 Å². The van der Waals surface area contributed by atoms with Gasteiger partial charge in [-0.2, -0.15) is 0 Å². The van der Waals surface area contributed by atoms with Crippen LogP contribution in [0.3, 0.4) is 0 Å². The van der Waals surface area contributed by atoms with Crippen molar-refractivity contribution in [3.8, 4) is 5.75 Å². The number of aromatic amines is 1. The lowest BCUT2D eigenvalue weighted by molar-refractivity contribution is 0.0738. The first-order valence-corrected chi connectivity index (χ1v) is 11.4. The average Bonchev–Trinajstić information content (AvgIpc) is 3.30. The van der Waals surface area contributed by atoms with Crippen LogP contribution in [0.2, 0.25) is 5.02 Å². The number of rotatable bonds is 8. The van der Waals surface area contributed by atoms with Crippen molar-refractivity contribution in [3.63, 3.8) is 0 Å². The molecular weight excluding hydrogens is 448 g/mol. The highest BCUT2D eigenvalue weighted by Crippen LogP contribution is 2.19. The van der Waals surface area contributed by atoms with Crippen LogP contribution in [0.1, 0.15) is 35.2 Å². The molecule has 2 heterocycles. The zero-order valence-corrected chi connectivity index (χ0v) is 18.9. The smallest absolute Gasteiger partial charge is 0.258 e. The quantitative estimate of drug-likeness (QED) is 0.406. The molecule has 1 amide bonds. The van der Waals surface area contributed by atoms with Crippen LogP contribution >= 0.6 is 22.9 Å². The van der Waals surface area contributed by atoms with Gasteiger partial charge in [0.1, 0.15) is 18.2 Å². The van der Waals surface area contributed by atoms with Crippen LogP contribution < -0.4 is 10.3 Å². The third-order valence-electron chi connectivity index (χ3n) is 4.79. The Balaban J connectivity index is 1.55. The summed E-state index contributed by atoms with van der Waals surface area (Å²) in [4.78, 5) is 38.8.